The van der Waals surface area contributed by atoms with Crippen molar-refractivity contribution in [2.24, 2.45) is 0 Å². The van der Waals surface area contributed by atoms with Crippen LogP contribution in [0, 0.1) is 0 Å². The molecule has 1 saturated heterocycles. The minimum atomic E-state index is 0.806. The van der Waals surface area contributed by atoms with Crippen LogP contribution in [0.4, 0.5) is 0 Å². The van der Waals surface area contributed by atoms with Crippen LogP contribution in [0.1, 0.15) is 58.8 Å². The minimum absolute atomic E-state index is 0.806. The summed E-state index contributed by atoms with van der Waals surface area (Å²) in [4.78, 5) is 0. The molecule has 0 aliphatic carbocycles. The van der Waals surface area contributed by atoms with Crippen molar-refractivity contribution in [1.29, 1.82) is 0 Å². The van der Waals surface area contributed by atoms with Crippen LogP contribution in [-0.4, -0.2) is 23.6 Å². The van der Waals surface area contributed by atoms with E-state index in [-0.39, 0.29) is 0 Å². The summed E-state index contributed by atoms with van der Waals surface area (Å²) >= 11 is 2.12. The molecule has 0 aromatic heterocycles. The Kier molecular flexibility index (Phi) is 7.54. The van der Waals surface area contributed by atoms with E-state index in [1.165, 1.54) is 57.2 Å². The maximum absolute atomic E-state index is 3.68. The Labute approximate surface area is 99.8 Å². The molecule has 0 radical (unpaired) electrons. The maximum atomic E-state index is 3.68. The van der Waals surface area contributed by atoms with Crippen molar-refractivity contribution >= 4 is 11.8 Å². The Morgan fingerprint density at radius 2 is 1.87 bits per heavy atom. The van der Waals surface area contributed by atoms with Crippen LogP contribution in [0.5, 0.6) is 0 Å². The second-order valence-corrected chi connectivity index (χ2v) is 6.27. The monoisotopic (exact) mass is 229 g/mol. The molecule has 2 atom stereocenters. The number of unbranched alkanes of at least 4 members (excludes halogenated alkanes) is 5. The Balaban J connectivity index is 1.81. The average Bonchev–Trinajstić information content (AvgIpc) is 2.63. The molecule has 90 valence electrons. The predicted molar refractivity (Wildman–Crippen MR) is 71.7 cm³/mol. The second-order valence-electron chi connectivity index (χ2n) is 4.80. The molecule has 0 amide bonds. The molecule has 1 aliphatic rings. The molecule has 1 rings (SSSR count). The summed E-state index contributed by atoms with van der Waals surface area (Å²) in [6.45, 7) is 5.86. The maximum Gasteiger partial charge on any atom is 0.0168 e. The molecular formula is C13H27NS. The van der Waals surface area contributed by atoms with Crippen LogP contribution in [0.15, 0.2) is 0 Å². The number of rotatable bonds is 8. The van der Waals surface area contributed by atoms with Gasteiger partial charge in [0, 0.05) is 17.0 Å². The van der Waals surface area contributed by atoms with Gasteiger partial charge in [-0.1, -0.05) is 46.0 Å². The van der Waals surface area contributed by atoms with Crippen molar-refractivity contribution in [1.82, 2.24) is 5.32 Å². The van der Waals surface area contributed by atoms with Crippen molar-refractivity contribution in [3.8, 4) is 0 Å². The third-order valence-electron chi connectivity index (χ3n) is 3.16. The molecule has 1 aliphatic heterocycles. The van der Waals surface area contributed by atoms with Crippen LogP contribution >= 0.6 is 11.8 Å². The van der Waals surface area contributed by atoms with Crippen molar-refractivity contribution in [3.63, 3.8) is 0 Å². The Morgan fingerprint density at radius 3 is 2.53 bits per heavy atom. The summed E-state index contributed by atoms with van der Waals surface area (Å²) in [6.07, 6.45) is 9.82. The summed E-state index contributed by atoms with van der Waals surface area (Å²) < 4.78 is 0. The second kappa shape index (κ2) is 8.46. The first-order chi connectivity index (χ1) is 7.33. The van der Waals surface area contributed by atoms with E-state index in [1.54, 1.807) is 0 Å². The van der Waals surface area contributed by atoms with Crippen molar-refractivity contribution < 1.29 is 0 Å². The van der Waals surface area contributed by atoms with Gasteiger partial charge in [0.05, 0.1) is 0 Å². The molecule has 0 aromatic carbocycles. The number of thioether (sulfide) groups is 1. The van der Waals surface area contributed by atoms with E-state index in [0.29, 0.717) is 0 Å². The fraction of sp³-hybridized carbons (Fsp3) is 1.00. The Hall–Kier alpha value is 0.310. The van der Waals surface area contributed by atoms with Gasteiger partial charge in [0.25, 0.3) is 0 Å². The third kappa shape index (κ3) is 6.47. The highest BCUT2D eigenvalue weighted by Gasteiger charge is 2.20. The summed E-state index contributed by atoms with van der Waals surface area (Å²) in [5.74, 6) is 1.33. The molecule has 15 heavy (non-hydrogen) atoms. The van der Waals surface area contributed by atoms with Crippen LogP contribution in [0.3, 0.4) is 0 Å². The summed E-state index contributed by atoms with van der Waals surface area (Å²) in [6, 6.07) is 0.806. The quantitative estimate of drug-likeness (QED) is 0.635. The van der Waals surface area contributed by atoms with Gasteiger partial charge in [-0.05, 0) is 19.4 Å². The molecule has 2 unspecified atom stereocenters. The molecular weight excluding hydrogens is 202 g/mol. The highest BCUT2D eigenvalue weighted by atomic mass is 32.2. The summed E-state index contributed by atoms with van der Waals surface area (Å²) in [7, 11) is 0. The van der Waals surface area contributed by atoms with Crippen LogP contribution < -0.4 is 5.32 Å². The molecule has 1 nitrogen and oxygen atoms in total. The lowest BCUT2D eigenvalue weighted by atomic mass is 10.1. The molecule has 1 fully saturated rings. The Bertz CT molecular complexity index is 149. The number of nitrogens with one attached hydrogen (secondary N) is 1. The van der Waals surface area contributed by atoms with E-state index < -0.39 is 0 Å². The fourth-order valence-corrected chi connectivity index (χ4v) is 3.35. The van der Waals surface area contributed by atoms with E-state index in [1.807, 2.05) is 0 Å². The van der Waals surface area contributed by atoms with Gasteiger partial charge in [0.15, 0.2) is 0 Å². The highest BCUT2D eigenvalue weighted by molar-refractivity contribution is 8.00. The van der Waals surface area contributed by atoms with Crippen LogP contribution in [0.25, 0.3) is 0 Å². The molecule has 0 bridgehead atoms. The first-order valence-corrected chi connectivity index (χ1v) is 7.72. The SMILES string of the molecule is CCCCCCCCNC1CSC(C)C1. The van der Waals surface area contributed by atoms with E-state index in [4.69, 9.17) is 0 Å². The van der Waals surface area contributed by atoms with Gasteiger partial charge in [-0.2, -0.15) is 11.8 Å². The smallest absolute Gasteiger partial charge is 0.0168 e. The zero-order valence-corrected chi connectivity index (χ0v) is 11.2. The van der Waals surface area contributed by atoms with Crippen molar-refractivity contribution in [2.75, 3.05) is 12.3 Å². The molecule has 1 N–H and O–H groups in total. The topological polar surface area (TPSA) is 12.0 Å². The number of hydrogen-bond donors (Lipinski definition) is 1. The lowest BCUT2D eigenvalue weighted by Gasteiger charge is -2.10. The van der Waals surface area contributed by atoms with Crippen LogP contribution in [-0.2, 0) is 0 Å². The Morgan fingerprint density at radius 1 is 1.13 bits per heavy atom. The zero-order chi connectivity index (χ0) is 10.9. The first-order valence-electron chi connectivity index (χ1n) is 6.68. The van der Waals surface area contributed by atoms with Gasteiger partial charge in [-0.25, -0.2) is 0 Å². The molecule has 0 aromatic rings. The van der Waals surface area contributed by atoms with Crippen molar-refractivity contribution in [3.05, 3.63) is 0 Å². The highest BCUT2D eigenvalue weighted by Crippen LogP contribution is 2.25. The lowest BCUT2D eigenvalue weighted by Crippen LogP contribution is -2.29. The summed E-state index contributed by atoms with van der Waals surface area (Å²) in [5, 5.41) is 4.56. The number of hydrogen-bond acceptors (Lipinski definition) is 2. The summed E-state index contributed by atoms with van der Waals surface area (Å²) in [5.41, 5.74) is 0. The predicted octanol–water partition coefficient (Wildman–Crippen LogP) is 3.83. The van der Waals surface area contributed by atoms with E-state index in [0.717, 1.165) is 11.3 Å². The van der Waals surface area contributed by atoms with E-state index >= 15 is 0 Å². The molecule has 1 heterocycles. The lowest BCUT2D eigenvalue weighted by molar-refractivity contribution is 0.508. The van der Waals surface area contributed by atoms with Crippen molar-refractivity contribution in [2.45, 2.75) is 70.1 Å². The van der Waals surface area contributed by atoms with Gasteiger partial charge in [-0.3, -0.25) is 0 Å². The van der Waals surface area contributed by atoms with E-state index in [9.17, 15) is 0 Å². The van der Waals surface area contributed by atoms with Gasteiger partial charge < -0.3 is 5.32 Å². The average molecular weight is 229 g/mol. The van der Waals surface area contributed by atoms with Gasteiger partial charge in [-0.15, -0.1) is 0 Å². The molecule has 0 saturated carbocycles. The minimum Gasteiger partial charge on any atom is -0.313 e. The zero-order valence-electron chi connectivity index (χ0n) is 10.4. The largest absolute Gasteiger partial charge is 0.313 e. The fourth-order valence-electron chi connectivity index (χ4n) is 2.17. The normalized spacial score (nSPS) is 26.0. The molecule has 0 spiro atoms. The first kappa shape index (κ1) is 13.4. The molecule has 2 heteroatoms. The van der Waals surface area contributed by atoms with Crippen LogP contribution in [0.2, 0.25) is 0 Å². The van der Waals surface area contributed by atoms with Gasteiger partial charge >= 0.3 is 0 Å². The third-order valence-corrected chi connectivity index (χ3v) is 4.52. The van der Waals surface area contributed by atoms with Gasteiger partial charge in [0.2, 0.25) is 0 Å². The van der Waals surface area contributed by atoms with E-state index in [2.05, 4.69) is 30.9 Å². The standard InChI is InChI=1S/C13H27NS/c1-3-4-5-6-7-8-9-14-13-10-12(2)15-11-13/h12-14H,3-11H2,1-2H3. The van der Waals surface area contributed by atoms with Gasteiger partial charge in [0.1, 0.15) is 0 Å².